The Labute approximate surface area is 83.3 Å². The van der Waals surface area contributed by atoms with Crippen LogP contribution in [0.15, 0.2) is 12.1 Å². The fraction of sp³-hybridized carbons (Fsp3) is 0.455. The number of aryl methyl sites for hydroxylation is 1. The predicted molar refractivity (Wildman–Crippen MR) is 53.0 cm³/mol. The van der Waals surface area contributed by atoms with Gasteiger partial charge in [0, 0.05) is 6.61 Å². The van der Waals surface area contributed by atoms with Crippen molar-refractivity contribution in [1.82, 2.24) is 0 Å². The maximum atomic E-state index is 8.88. The van der Waals surface area contributed by atoms with Crippen LogP contribution in [0.4, 0.5) is 0 Å². The molecule has 1 aromatic carbocycles. The van der Waals surface area contributed by atoms with Crippen LogP contribution in [-0.4, -0.2) is 24.9 Å². The quantitative estimate of drug-likeness (QED) is 0.771. The van der Waals surface area contributed by atoms with Crippen LogP contribution in [0.2, 0.25) is 0 Å². The van der Waals surface area contributed by atoms with E-state index in [1.807, 2.05) is 19.1 Å². The molecule has 1 aliphatic heterocycles. The van der Waals surface area contributed by atoms with Crippen molar-refractivity contribution in [3.8, 4) is 11.5 Å². The number of aliphatic hydroxyl groups excluding tert-OH is 1. The van der Waals surface area contributed by atoms with E-state index < -0.39 is 0 Å². The predicted octanol–water partition coefficient (Wildman–Crippen LogP) is 1.30. The van der Waals surface area contributed by atoms with Gasteiger partial charge in [0.2, 0.25) is 0 Å². The lowest BCUT2D eigenvalue weighted by Gasteiger charge is -2.20. The van der Waals surface area contributed by atoms with E-state index in [0.29, 0.717) is 19.6 Å². The van der Waals surface area contributed by atoms with E-state index in [2.05, 4.69) is 0 Å². The zero-order valence-corrected chi connectivity index (χ0v) is 8.25. The lowest BCUT2D eigenvalue weighted by atomic mass is 10.0. The first-order valence-corrected chi connectivity index (χ1v) is 4.81. The lowest BCUT2D eigenvalue weighted by molar-refractivity contribution is 0.171. The van der Waals surface area contributed by atoms with Crippen molar-refractivity contribution >= 4 is 0 Å². The zero-order valence-electron chi connectivity index (χ0n) is 8.25. The topological polar surface area (TPSA) is 38.7 Å². The number of aliphatic hydroxyl groups is 1. The van der Waals surface area contributed by atoms with Crippen LogP contribution in [0.5, 0.6) is 11.5 Å². The molecule has 76 valence electrons. The summed E-state index contributed by atoms with van der Waals surface area (Å²) in [6, 6.07) is 3.93. The van der Waals surface area contributed by atoms with Crippen LogP contribution in [0.1, 0.15) is 11.1 Å². The van der Waals surface area contributed by atoms with Crippen molar-refractivity contribution < 1.29 is 14.6 Å². The van der Waals surface area contributed by atoms with Crippen molar-refractivity contribution in [2.75, 3.05) is 19.8 Å². The summed E-state index contributed by atoms with van der Waals surface area (Å²) in [5.74, 6) is 1.61. The van der Waals surface area contributed by atoms with Gasteiger partial charge in [0.15, 0.2) is 11.5 Å². The van der Waals surface area contributed by atoms with Gasteiger partial charge in [-0.2, -0.15) is 0 Å². The van der Waals surface area contributed by atoms with Gasteiger partial charge in [0.25, 0.3) is 0 Å². The average Bonchev–Trinajstić information content (AvgIpc) is 2.19. The molecule has 1 aliphatic rings. The molecule has 0 radical (unpaired) electrons. The Morgan fingerprint density at radius 1 is 1.21 bits per heavy atom. The summed E-state index contributed by atoms with van der Waals surface area (Å²) in [6.45, 7) is 3.41. The van der Waals surface area contributed by atoms with Gasteiger partial charge >= 0.3 is 0 Å². The molecule has 1 N–H and O–H groups in total. The zero-order chi connectivity index (χ0) is 9.97. The maximum absolute atomic E-state index is 8.88. The Morgan fingerprint density at radius 3 is 2.50 bits per heavy atom. The molecule has 0 fully saturated rings. The summed E-state index contributed by atoms with van der Waals surface area (Å²) in [6.07, 6.45) is 0.669. The van der Waals surface area contributed by atoms with Crippen molar-refractivity contribution in [2.24, 2.45) is 0 Å². The number of hydrogen-bond donors (Lipinski definition) is 1. The highest BCUT2D eigenvalue weighted by Crippen LogP contribution is 2.32. The Balaban J connectivity index is 2.35. The highest BCUT2D eigenvalue weighted by atomic mass is 16.6. The van der Waals surface area contributed by atoms with Crippen molar-refractivity contribution in [3.05, 3.63) is 23.3 Å². The van der Waals surface area contributed by atoms with Crippen LogP contribution in [0, 0.1) is 6.92 Å². The summed E-state index contributed by atoms with van der Waals surface area (Å²) in [5, 5.41) is 8.88. The number of ether oxygens (including phenoxy) is 2. The Morgan fingerprint density at radius 2 is 1.86 bits per heavy atom. The third-order valence-corrected chi connectivity index (χ3v) is 2.38. The first-order chi connectivity index (χ1) is 6.81. The fourth-order valence-corrected chi connectivity index (χ4v) is 1.62. The summed E-state index contributed by atoms with van der Waals surface area (Å²) in [4.78, 5) is 0. The van der Waals surface area contributed by atoms with Crippen molar-refractivity contribution in [1.29, 1.82) is 0 Å². The molecular weight excluding hydrogens is 180 g/mol. The smallest absolute Gasteiger partial charge is 0.161 e. The number of fused-ring (bicyclic) bond motifs is 1. The Kier molecular flexibility index (Phi) is 2.59. The fourth-order valence-electron chi connectivity index (χ4n) is 1.62. The third kappa shape index (κ3) is 1.68. The number of rotatable bonds is 2. The Hall–Kier alpha value is -1.22. The standard InChI is InChI=1S/C11H14O3/c1-8-6-10-11(14-5-4-13-10)7-9(8)2-3-12/h6-7,12H,2-5H2,1H3. The van der Waals surface area contributed by atoms with E-state index in [9.17, 15) is 0 Å². The first-order valence-electron chi connectivity index (χ1n) is 4.81. The van der Waals surface area contributed by atoms with Crippen molar-refractivity contribution in [2.45, 2.75) is 13.3 Å². The minimum absolute atomic E-state index is 0.167. The number of hydrogen-bond acceptors (Lipinski definition) is 3. The minimum Gasteiger partial charge on any atom is -0.486 e. The summed E-state index contributed by atoms with van der Waals surface area (Å²) in [5.41, 5.74) is 2.26. The van der Waals surface area contributed by atoms with Crippen LogP contribution in [0.25, 0.3) is 0 Å². The molecule has 0 saturated heterocycles. The van der Waals surface area contributed by atoms with E-state index >= 15 is 0 Å². The lowest BCUT2D eigenvalue weighted by Crippen LogP contribution is -2.15. The molecule has 1 aromatic rings. The van der Waals surface area contributed by atoms with Gasteiger partial charge in [-0.25, -0.2) is 0 Å². The van der Waals surface area contributed by atoms with Gasteiger partial charge in [-0.1, -0.05) is 0 Å². The number of benzene rings is 1. The van der Waals surface area contributed by atoms with E-state index in [1.54, 1.807) is 0 Å². The molecule has 1 heterocycles. The highest BCUT2D eigenvalue weighted by molar-refractivity contribution is 5.47. The van der Waals surface area contributed by atoms with E-state index in [0.717, 1.165) is 22.6 Å². The molecule has 0 aromatic heterocycles. The largest absolute Gasteiger partial charge is 0.486 e. The van der Waals surface area contributed by atoms with Gasteiger partial charge in [0.1, 0.15) is 13.2 Å². The molecule has 0 spiro atoms. The van der Waals surface area contributed by atoms with Crippen LogP contribution in [0.3, 0.4) is 0 Å². The normalized spacial score (nSPS) is 14.1. The third-order valence-electron chi connectivity index (χ3n) is 2.38. The van der Waals surface area contributed by atoms with Crippen LogP contribution in [-0.2, 0) is 6.42 Å². The highest BCUT2D eigenvalue weighted by Gasteiger charge is 2.13. The average molecular weight is 194 g/mol. The second-order valence-corrected chi connectivity index (χ2v) is 3.40. The van der Waals surface area contributed by atoms with Gasteiger partial charge in [-0.15, -0.1) is 0 Å². The molecular formula is C11H14O3. The molecule has 0 bridgehead atoms. The molecule has 14 heavy (non-hydrogen) atoms. The molecule has 0 saturated carbocycles. The summed E-state index contributed by atoms with van der Waals surface area (Å²) >= 11 is 0. The molecule has 0 atom stereocenters. The Bertz CT molecular complexity index is 334. The summed E-state index contributed by atoms with van der Waals surface area (Å²) < 4.78 is 10.9. The molecule has 0 aliphatic carbocycles. The molecule has 2 rings (SSSR count). The first kappa shape index (κ1) is 9.34. The molecule has 3 heteroatoms. The maximum Gasteiger partial charge on any atom is 0.161 e. The van der Waals surface area contributed by atoms with Crippen LogP contribution < -0.4 is 9.47 Å². The SMILES string of the molecule is Cc1cc2c(cc1CCO)OCCO2. The van der Waals surface area contributed by atoms with Gasteiger partial charge in [0.05, 0.1) is 0 Å². The van der Waals surface area contributed by atoms with Crippen LogP contribution >= 0.6 is 0 Å². The van der Waals surface area contributed by atoms with E-state index in [4.69, 9.17) is 14.6 Å². The minimum atomic E-state index is 0.167. The van der Waals surface area contributed by atoms with E-state index in [1.165, 1.54) is 0 Å². The van der Waals surface area contributed by atoms with E-state index in [-0.39, 0.29) is 6.61 Å². The van der Waals surface area contributed by atoms with Gasteiger partial charge < -0.3 is 14.6 Å². The summed E-state index contributed by atoms with van der Waals surface area (Å²) in [7, 11) is 0. The second-order valence-electron chi connectivity index (χ2n) is 3.40. The molecule has 0 amide bonds. The van der Waals surface area contributed by atoms with Gasteiger partial charge in [-0.05, 0) is 36.6 Å². The monoisotopic (exact) mass is 194 g/mol. The second kappa shape index (κ2) is 3.88. The molecule has 0 unspecified atom stereocenters. The van der Waals surface area contributed by atoms with Gasteiger partial charge in [-0.3, -0.25) is 0 Å². The van der Waals surface area contributed by atoms with Crippen molar-refractivity contribution in [3.63, 3.8) is 0 Å². The molecule has 3 nitrogen and oxygen atoms in total.